The first-order chi connectivity index (χ1) is 7.15. The Bertz CT molecular complexity index is 525. The van der Waals surface area contributed by atoms with Gasteiger partial charge in [0.25, 0.3) is 0 Å². The van der Waals surface area contributed by atoms with Crippen molar-refractivity contribution >= 4 is 22.2 Å². The van der Waals surface area contributed by atoms with Crippen molar-refractivity contribution in [3.05, 3.63) is 36.4 Å². The van der Waals surface area contributed by atoms with E-state index in [1.807, 2.05) is 38.1 Å². The molecule has 0 aliphatic rings. The third-order valence-electron chi connectivity index (χ3n) is 2.16. The van der Waals surface area contributed by atoms with Gasteiger partial charge in [0.15, 0.2) is 0 Å². The Morgan fingerprint density at radius 1 is 1.00 bits per heavy atom. The highest BCUT2D eigenvalue weighted by Gasteiger charge is 1.96. The summed E-state index contributed by atoms with van der Waals surface area (Å²) in [5.74, 6) is 0.297. The highest BCUT2D eigenvalue weighted by Crippen LogP contribution is 2.24. The summed E-state index contributed by atoms with van der Waals surface area (Å²) in [7, 11) is 0. The molecular weight excluding hydrogens is 186 g/mol. The van der Waals surface area contributed by atoms with Crippen molar-refractivity contribution in [3.8, 4) is 5.75 Å². The maximum atomic E-state index is 9.32. The van der Waals surface area contributed by atoms with Gasteiger partial charge in [-0.05, 0) is 48.9 Å². The molecule has 2 aromatic carbocycles. The second-order valence-electron chi connectivity index (χ2n) is 3.77. The zero-order valence-electron chi connectivity index (χ0n) is 8.86. The lowest BCUT2D eigenvalue weighted by Crippen LogP contribution is -1.78. The van der Waals surface area contributed by atoms with Crippen molar-refractivity contribution in [2.45, 2.75) is 13.8 Å². The molecular formula is C13H13NO. The Morgan fingerprint density at radius 3 is 2.40 bits per heavy atom. The molecule has 0 heterocycles. The largest absolute Gasteiger partial charge is 0.508 e. The minimum Gasteiger partial charge on any atom is -0.508 e. The van der Waals surface area contributed by atoms with E-state index in [4.69, 9.17) is 0 Å². The summed E-state index contributed by atoms with van der Waals surface area (Å²) in [5.41, 5.74) is 1.99. The third kappa shape index (κ3) is 2.15. The summed E-state index contributed by atoms with van der Waals surface area (Å²) in [4.78, 5) is 4.39. The molecule has 15 heavy (non-hydrogen) atoms. The highest BCUT2D eigenvalue weighted by atomic mass is 16.3. The van der Waals surface area contributed by atoms with Crippen LogP contribution in [0, 0.1) is 0 Å². The van der Waals surface area contributed by atoms with Gasteiger partial charge in [-0.1, -0.05) is 12.1 Å². The molecule has 76 valence electrons. The van der Waals surface area contributed by atoms with Crippen LogP contribution in [-0.2, 0) is 0 Å². The number of phenolic OH excluding ortho intramolecular Hbond substituents is 1. The van der Waals surface area contributed by atoms with Gasteiger partial charge in [0.05, 0.1) is 5.69 Å². The molecule has 1 N–H and O–H groups in total. The molecule has 2 heteroatoms. The Morgan fingerprint density at radius 2 is 1.67 bits per heavy atom. The molecule has 0 saturated carbocycles. The van der Waals surface area contributed by atoms with Crippen LogP contribution in [-0.4, -0.2) is 10.8 Å². The molecule has 0 aliphatic carbocycles. The monoisotopic (exact) mass is 199 g/mol. The van der Waals surface area contributed by atoms with Gasteiger partial charge in [0, 0.05) is 5.71 Å². The van der Waals surface area contributed by atoms with Crippen LogP contribution in [0.1, 0.15) is 13.8 Å². The van der Waals surface area contributed by atoms with E-state index in [0.717, 1.165) is 22.2 Å². The lowest BCUT2D eigenvalue weighted by Gasteiger charge is -2.00. The Kier molecular flexibility index (Phi) is 2.42. The molecule has 0 atom stereocenters. The van der Waals surface area contributed by atoms with E-state index in [1.165, 1.54) is 0 Å². The minimum atomic E-state index is 0.297. The molecule has 2 aromatic rings. The lowest BCUT2D eigenvalue weighted by atomic mass is 10.1. The number of aromatic hydroxyl groups is 1. The average molecular weight is 199 g/mol. The second kappa shape index (κ2) is 3.73. The first kappa shape index (κ1) is 9.71. The van der Waals surface area contributed by atoms with Crippen LogP contribution in [0.5, 0.6) is 5.75 Å². The first-order valence-electron chi connectivity index (χ1n) is 4.90. The van der Waals surface area contributed by atoms with E-state index in [1.54, 1.807) is 12.1 Å². The molecule has 0 amide bonds. The van der Waals surface area contributed by atoms with Crippen molar-refractivity contribution in [1.29, 1.82) is 0 Å². The number of hydrogen-bond donors (Lipinski definition) is 1. The van der Waals surface area contributed by atoms with Crippen molar-refractivity contribution in [1.82, 2.24) is 0 Å². The quantitative estimate of drug-likeness (QED) is 0.698. The number of hydrogen-bond acceptors (Lipinski definition) is 2. The maximum Gasteiger partial charge on any atom is 0.116 e. The molecule has 0 unspecified atom stereocenters. The molecule has 0 radical (unpaired) electrons. The Balaban J connectivity index is 2.57. The second-order valence-corrected chi connectivity index (χ2v) is 3.77. The topological polar surface area (TPSA) is 32.6 Å². The van der Waals surface area contributed by atoms with E-state index in [2.05, 4.69) is 4.99 Å². The van der Waals surface area contributed by atoms with Gasteiger partial charge >= 0.3 is 0 Å². The van der Waals surface area contributed by atoms with Crippen molar-refractivity contribution in [3.63, 3.8) is 0 Å². The third-order valence-corrected chi connectivity index (χ3v) is 2.16. The molecule has 2 nitrogen and oxygen atoms in total. The SMILES string of the molecule is CC(C)=Nc1ccc2cc(O)ccc2c1. The fraction of sp³-hybridized carbons (Fsp3) is 0.154. The fourth-order valence-corrected chi connectivity index (χ4v) is 1.55. The van der Waals surface area contributed by atoms with Gasteiger partial charge in [-0.25, -0.2) is 0 Å². The molecule has 0 aromatic heterocycles. The van der Waals surface area contributed by atoms with Crippen molar-refractivity contribution in [2.24, 2.45) is 4.99 Å². The van der Waals surface area contributed by atoms with Crippen LogP contribution in [0.25, 0.3) is 10.8 Å². The normalized spacial score (nSPS) is 10.3. The standard InChI is InChI=1S/C13H13NO/c1-9(2)14-12-5-3-11-8-13(15)6-4-10(11)7-12/h3-8,15H,1-2H3. The summed E-state index contributed by atoms with van der Waals surface area (Å²) < 4.78 is 0. The van der Waals surface area contributed by atoms with Crippen LogP contribution >= 0.6 is 0 Å². The summed E-state index contributed by atoms with van der Waals surface area (Å²) in [6, 6.07) is 11.3. The van der Waals surface area contributed by atoms with Crippen molar-refractivity contribution in [2.75, 3.05) is 0 Å². The predicted molar refractivity (Wildman–Crippen MR) is 64.1 cm³/mol. The maximum absolute atomic E-state index is 9.32. The van der Waals surface area contributed by atoms with Gasteiger partial charge in [-0.15, -0.1) is 0 Å². The number of benzene rings is 2. The van der Waals surface area contributed by atoms with Gasteiger partial charge in [0.1, 0.15) is 5.75 Å². The number of phenols is 1. The number of rotatable bonds is 1. The fourth-order valence-electron chi connectivity index (χ4n) is 1.55. The Hall–Kier alpha value is -1.83. The van der Waals surface area contributed by atoms with E-state index < -0.39 is 0 Å². The molecule has 0 bridgehead atoms. The van der Waals surface area contributed by atoms with E-state index >= 15 is 0 Å². The predicted octanol–water partition coefficient (Wildman–Crippen LogP) is 3.66. The van der Waals surface area contributed by atoms with Gasteiger partial charge < -0.3 is 5.11 Å². The van der Waals surface area contributed by atoms with E-state index in [-0.39, 0.29) is 0 Å². The van der Waals surface area contributed by atoms with Gasteiger partial charge in [-0.2, -0.15) is 0 Å². The summed E-state index contributed by atoms with van der Waals surface area (Å²) in [5, 5.41) is 11.4. The number of nitrogens with zero attached hydrogens (tertiary/aromatic N) is 1. The summed E-state index contributed by atoms with van der Waals surface area (Å²) in [6.07, 6.45) is 0. The van der Waals surface area contributed by atoms with Crippen molar-refractivity contribution < 1.29 is 5.11 Å². The smallest absolute Gasteiger partial charge is 0.116 e. The van der Waals surface area contributed by atoms with Gasteiger partial charge in [0.2, 0.25) is 0 Å². The summed E-state index contributed by atoms with van der Waals surface area (Å²) in [6.45, 7) is 3.95. The van der Waals surface area contributed by atoms with Crippen LogP contribution in [0.15, 0.2) is 41.4 Å². The first-order valence-corrected chi connectivity index (χ1v) is 4.90. The van der Waals surface area contributed by atoms with Crippen LogP contribution in [0.4, 0.5) is 5.69 Å². The molecule has 2 rings (SSSR count). The molecule has 0 saturated heterocycles. The minimum absolute atomic E-state index is 0.297. The van der Waals surface area contributed by atoms with E-state index in [0.29, 0.717) is 5.75 Å². The lowest BCUT2D eigenvalue weighted by molar-refractivity contribution is 0.476. The van der Waals surface area contributed by atoms with Crippen LogP contribution in [0.2, 0.25) is 0 Å². The molecule has 0 aliphatic heterocycles. The zero-order chi connectivity index (χ0) is 10.8. The number of fused-ring (bicyclic) bond motifs is 1. The highest BCUT2D eigenvalue weighted by molar-refractivity contribution is 5.88. The van der Waals surface area contributed by atoms with Crippen LogP contribution in [0.3, 0.4) is 0 Å². The summed E-state index contributed by atoms with van der Waals surface area (Å²) >= 11 is 0. The zero-order valence-corrected chi connectivity index (χ0v) is 8.86. The molecule has 0 spiro atoms. The Labute approximate surface area is 88.9 Å². The average Bonchev–Trinajstić information content (AvgIpc) is 2.17. The van der Waals surface area contributed by atoms with Crippen LogP contribution < -0.4 is 0 Å². The van der Waals surface area contributed by atoms with E-state index in [9.17, 15) is 5.11 Å². The van der Waals surface area contributed by atoms with Gasteiger partial charge in [-0.3, -0.25) is 4.99 Å². The molecule has 0 fully saturated rings. The number of aliphatic imine (C=N–C) groups is 1.